The van der Waals surface area contributed by atoms with Gasteiger partial charge in [0.05, 0.1) is 21.3 Å². The summed E-state index contributed by atoms with van der Waals surface area (Å²) < 4.78 is 15.7. The van der Waals surface area contributed by atoms with E-state index in [1.54, 1.807) is 37.4 Å². The summed E-state index contributed by atoms with van der Waals surface area (Å²) in [7, 11) is 4.35. The van der Waals surface area contributed by atoms with E-state index in [-0.39, 0.29) is 12.5 Å². The lowest BCUT2D eigenvalue weighted by molar-refractivity contribution is -0.118. The standard InChI is InChI=1S/C18H20N2O6/c1-23-14-7-5-13(6-8-14)19-17(21)11-26-15-9-4-12(10-16(15)24-2)18(22)20-25-3/h4-10H,11H2,1-3H3,(H,19,21)(H,20,22). The van der Waals surface area contributed by atoms with Crippen LogP contribution in [0.5, 0.6) is 17.2 Å². The Morgan fingerprint density at radius 1 is 0.923 bits per heavy atom. The fourth-order valence-electron chi connectivity index (χ4n) is 2.09. The van der Waals surface area contributed by atoms with E-state index in [0.29, 0.717) is 28.5 Å². The minimum atomic E-state index is -0.422. The summed E-state index contributed by atoms with van der Waals surface area (Å²) in [5.74, 6) is 0.604. The number of carbonyl (C=O) groups excluding carboxylic acids is 2. The van der Waals surface area contributed by atoms with Crippen molar-refractivity contribution in [2.45, 2.75) is 0 Å². The van der Waals surface area contributed by atoms with Crippen LogP contribution < -0.4 is 25.0 Å². The second-order valence-corrected chi connectivity index (χ2v) is 5.07. The number of amides is 2. The molecule has 0 atom stereocenters. The summed E-state index contributed by atoms with van der Waals surface area (Å²) >= 11 is 0. The zero-order valence-electron chi connectivity index (χ0n) is 14.7. The third kappa shape index (κ3) is 5.12. The van der Waals surface area contributed by atoms with Crippen molar-refractivity contribution in [3.8, 4) is 17.2 Å². The lowest BCUT2D eigenvalue weighted by Gasteiger charge is -2.12. The van der Waals surface area contributed by atoms with Crippen LogP contribution in [0.3, 0.4) is 0 Å². The topological polar surface area (TPSA) is 95.1 Å². The number of hydroxylamine groups is 1. The minimum Gasteiger partial charge on any atom is -0.497 e. The average Bonchev–Trinajstić information content (AvgIpc) is 2.67. The number of carbonyl (C=O) groups is 2. The van der Waals surface area contributed by atoms with Crippen LogP contribution >= 0.6 is 0 Å². The van der Waals surface area contributed by atoms with Gasteiger partial charge in [0, 0.05) is 11.3 Å². The number of hydrogen-bond acceptors (Lipinski definition) is 6. The molecule has 0 fully saturated rings. The van der Waals surface area contributed by atoms with Gasteiger partial charge in [-0.3, -0.25) is 14.4 Å². The maximum absolute atomic E-state index is 12.0. The van der Waals surface area contributed by atoms with Crippen LogP contribution in [-0.4, -0.2) is 39.8 Å². The average molecular weight is 360 g/mol. The predicted octanol–water partition coefficient (Wildman–Crippen LogP) is 2.01. The predicted molar refractivity (Wildman–Crippen MR) is 94.6 cm³/mol. The molecule has 0 heterocycles. The molecule has 2 N–H and O–H groups in total. The van der Waals surface area contributed by atoms with Crippen LogP contribution in [0.25, 0.3) is 0 Å². The van der Waals surface area contributed by atoms with E-state index in [2.05, 4.69) is 15.6 Å². The Labute approximate surface area is 151 Å². The van der Waals surface area contributed by atoms with E-state index in [9.17, 15) is 9.59 Å². The molecule has 0 aliphatic heterocycles. The minimum absolute atomic E-state index is 0.216. The van der Waals surface area contributed by atoms with Crippen molar-refractivity contribution in [3.63, 3.8) is 0 Å². The highest BCUT2D eigenvalue weighted by Gasteiger charge is 2.12. The molecule has 138 valence electrons. The first kappa shape index (κ1) is 19.1. The normalized spacial score (nSPS) is 9.96. The first-order valence-corrected chi connectivity index (χ1v) is 7.65. The zero-order valence-corrected chi connectivity index (χ0v) is 14.7. The molecule has 8 nitrogen and oxygen atoms in total. The van der Waals surface area contributed by atoms with Gasteiger partial charge in [-0.1, -0.05) is 0 Å². The van der Waals surface area contributed by atoms with Crippen molar-refractivity contribution in [3.05, 3.63) is 48.0 Å². The quantitative estimate of drug-likeness (QED) is 0.700. The largest absolute Gasteiger partial charge is 0.497 e. The molecule has 2 rings (SSSR count). The zero-order chi connectivity index (χ0) is 18.9. The Balaban J connectivity index is 1.96. The lowest BCUT2D eigenvalue weighted by Crippen LogP contribution is -2.22. The monoisotopic (exact) mass is 360 g/mol. The summed E-state index contributed by atoms with van der Waals surface area (Å²) in [6.45, 7) is -0.216. The van der Waals surface area contributed by atoms with E-state index >= 15 is 0 Å². The molecule has 0 aromatic heterocycles. The highest BCUT2D eigenvalue weighted by molar-refractivity contribution is 5.94. The molecular weight excluding hydrogens is 340 g/mol. The van der Waals surface area contributed by atoms with Crippen LogP contribution in [-0.2, 0) is 9.63 Å². The van der Waals surface area contributed by atoms with Crippen molar-refractivity contribution < 1.29 is 28.6 Å². The number of ether oxygens (including phenoxy) is 3. The van der Waals surface area contributed by atoms with Crippen molar-refractivity contribution in [1.29, 1.82) is 0 Å². The van der Waals surface area contributed by atoms with Gasteiger partial charge in [-0.25, -0.2) is 5.48 Å². The number of hydrogen-bond donors (Lipinski definition) is 2. The Morgan fingerprint density at radius 3 is 2.27 bits per heavy atom. The molecule has 0 aliphatic rings. The SMILES string of the molecule is CONC(=O)c1ccc(OCC(=O)Nc2ccc(OC)cc2)c(OC)c1. The van der Waals surface area contributed by atoms with E-state index in [4.69, 9.17) is 14.2 Å². The van der Waals surface area contributed by atoms with Crippen LogP contribution in [0.15, 0.2) is 42.5 Å². The second kappa shape index (κ2) is 9.28. The van der Waals surface area contributed by atoms with Crippen molar-refractivity contribution in [2.75, 3.05) is 33.3 Å². The second-order valence-electron chi connectivity index (χ2n) is 5.07. The summed E-state index contributed by atoms with van der Waals surface area (Å²) in [6.07, 6.45) is 0. The number of rotatable bonds is 8. The van der Waals surface area contributed by atoms with Crippen molar-refractivity contribution >= 4 is 17.5 Å². The number of methoxy groups -OCH3 is 2. The Hall–Kier alpha value is -3.26. The molecule has 26 heavy (non-hydrogen) atoms. The molecular formula is C18H20N2O6. The molecule has 0 bridgehead atoms. The molecule has 2 aromatic carbocycles. The number of anilines is 1. The maximum atomic E-state index is 12.0. The Kier molecular flexibility index (Phi) is 6.81. The molecule has 2 aromatic rings. The first-order chi connectivity index (χ1) is 12.6. The van der Waals surface area contributed by atoms with Gasteiger partial charge in [-0.15, -0.1) is 0 Å². The summed E-state index contributed by atoms with van der Waals surface area (Å²) in [6, 6.07) is 11.5. The molecule has 8 heteroatoms. The molecule has 0 saturated heterocycles. The van der Waals surface area contributed by atoms with E-state index < -0.39 is 5.91 Å². The molecule has 0 aliphatic carbocycles. The fraction of sp³-hybridized carbons (Fsp3) is 0.222. The third-order valence-corrected chi connectivity index (χ3v) is 3.35. The first-order valence-electron chi connectivity index (χ1n) is 7.65. The third-order valence-electron chi connectivity index (χ3n) is 3.35. The molecule has 0 radical (unpaired) electrons. The number of nitrogens with one attached hydrogen (secondary N) is 2. The summed E-state index contributed by atoms with van der Waals surface area (Å²) in [5, 5.41) is 2.71. The Morgan fingerprint density at radius 2 is 1.65 bits per heavy atom. The molecule has 0 spiro atoms. The van der Waals surface area contributed by atoms with Crippen LogP contribution in [0.2, 0.25) is 0 Å². The number of benzene rings is 2. The van der Waals surface area contributed by atoms with Crippen molar-refractivity contribution in [1.82, 2.24) is 5.48 Å². The lowest BCUT2D eigenvalue weighted by atomic mass is 10.2. The van der Waals surface area contributed by atoms with E-state index in [0.717, 1.165) is 0 Å². The van der Waals surface area contributed by atoms with E-state index in [1.807, 2.05) is 0 Å². The smallest absolute Gasteiger partial charge is 0.274 e. The highest BCUT2D eigenvalue weighted by Crippen LogP contribution is 2.28. The van der Waals surface area contributed by atoms with Gasteiger partial charge in [-0.2, -0.15) is 0 Å². The molecule has 0 unspecified atom stereocenters. The Bertz CT molecular complexity index is 761. The van der Waals surface area contributed by atoms with Gasteiger partial charge in [0.15, 0.2) is 18.1 Å². The van der Waals surface area contributed by atoms with Crippen LogP contribution in [0.4, 0.5) is 5.69 Å². The molecule has 0 saturated carbocycles. The van der Waals surface area contributed by atoms with Gasteiger partial charge in [-0.05, 0) is 42.5 Å². The van der Waals surface area contributed by atoms with Gasteiger partial charge >= 0.3 is 0 Å². The summed E-state index contributed by atoms with van der Waals surface area (Å²) in [4.78, 5) is 28.3. The summed E-state index contributed by atoms with van der Waals surface area (Å²) in [5.41, 5.74) is 3.17. The van der Waals surface area contributed by atoms with Gasteiger partial charge in [0.2, 0.25) is 0 Å². The van der Waals surface area contributed by atoms with E-state index in [1.165, 1.54) is 26.4 Å². The van der Waals surface area contributed by atoms with Crippen LogP contribution in [0, 0.1) is 0 Å². The maximum Gasteiger partial charge on any atom is 0.274 e. The van der Waals surface area contributed by atoms with Crippen molar-refractivity contribution in [2.24, 2.45) is 0 Å². The van der Waals surface area contributed by atoms with Gasteiger partial charge < -0.3 is 19.5 Å². The van der Waals surface area contributed by atoms with Crippen LogP contribution in [0.1, 0.15) is 10.4 Å². The van der Waals surface area contributed by atoms with Gasteiger partial charge in [0.1, 0.15) is 5.75 Å². The van der Waals surface area contributed by atoms with Gasteiger partial charge in [0.25, 0.3) is 11.8 Å². The fourth-order valence-corrected chi connectivity index (χ4v) is 2.09. The highest BCUT2D eigenvalue weighted by atomic mass is 16.6. The molecule has 2 amide bonds.